The third kappa shape index (κ3) is 5.34. The topological polar surface area (TPSA) is 95.9 Å². The van der Waals surface area contributed by atoms with Gasteiger partial charge in [0.15, 0.2) is 0 Å². The molecule has 9 heteroatoms. The Morgan fingerprint density at radius 1 is 1.19 bits per heavy atom. The summed E-state index contributed by atoms with van der Waals surface area (Å²) in [6, 6.07) is 13.6. The zero-order valence-electron chi connectivity index (χ0n) is 20.8. The number of nitrogens with one attached hydrogen (secondary N) is 1. The maximum Gasteiger partial charge on any atom is 0.230 e. The van der Waals surface area contributed by atoms with Crippen LogP contribution < -0.4 is 5.32 Å². The summed E-state index contributed by atoms with van der Waals surface area (Å²) < 4.78 is 49.4. The van der Waals surface area contributed by atoms with Crippen molar-refractivity contribution in [3.8, 4) is 0 Å². The molecule has 2 aromatic rings. The molecular formula is C27H35FN2O5S. The van der Waals surface area contributed by atoms with Gasteiger partial charge >= 0.3 is 0 Å². The largest absolute Gasteiger partial charge is 0.392 e. The lowest BCUT2D eigenvalue weighted by molar-refractivity contribution is -0.130. The minimum Gasteiger partial charge on any atom is -0.392 e. The second-order valence-electron chi connectivity index (χ2n) is 9.98. The summed E-state index contributed by atoms with van der Waals surface area (Å²) in [4.78, 5) is 13.1. The van der Waals surface area contributed by atoms with Gasteiger partial charge in [-0.25, -0.2) is 12.8 Å². The average molecular weight is 519 g/mol. The molecule has 2 N–H and O–H groups in total. The molecule has 2 heterocycles. The maximum absolute atomic E-state index is 15.5. The van der Waals surface area contributed by atoms with Crippen LogP contribution in [0.25, 0.3) is 0 Å². The number of halogens is 1. The molecule has 0 saturated carbocycles. The van der Waals surface area contributed by atoms with Gasteiger partial charge in [-0.3, -0.25) is 4.79 Å². The number of hydrogen-bond donors (Lipinski definition) is 2. The van der Waals surface area contributed by atoms with Crippen LogP contribution in [0.5, 0.6) is 0 Å². The lowest BCUT2D eigenvalue weighted by Crippen LogP contribution is -2.49. The van der Waals surface area contributed by atoms with E-state index in [1.54, 1.807) is 19.1 Å². The number of amides is 1. The fourth-order valence-corrected chi connectivity index (χ4v) is 7.46. The Hall–Kier alpha value is -2.33. The van der Waals surface area contributed by atoms with Crippen molar-refractivity contribution in [2.45, 2.75) is 68.9 Å². The Morgan fingerprint density at radius 2 is 1.89 bits per heavy atom. The van der Waals surface area contributed by atoms with Crippen molar-refractivity contribution >= 4 is 15.9 Å². The van der Waals surface area contributed by atoms with Crippen LogP contribution >= 0.6 is 0 Å². The van der Waals surface area contributed by atoms with Crippen LogP contribution in [0, 0.1) is 5.82 Å². The molecule has 0 aromatic heterocycles. The van der Waals surface area contributed by atoms with Gasteiger partial charge < -0.3 is 15.2 Å². The van der Waals surface area contributed by atoms with E-state index in [9.17, 15) is 18.3 Å². The summed E-state index contributed by atoms with van der Waals surface area (Å²) in [6.45, 7) is 4.22. The van der Waals surface area contributed by atoms with Crippen LogP contribution in [0.1, 0.15) is 61.5 Å². The van der Waals surface area contributed by atoms with Gasteiger partial charge in [0.1, 0.15) is 11.1 Å². The van der Waals surface area contributed by atoms with E-state index in [0.29, 0.717) is 44.5 Å². The van der Waals surface area contributed by atoms with Crippen molar-refractivity contribution in [3.63, 3.8) is 0 Å². The molecule has 36 heavy (non-hydrogen) atoms. The lowest BCUT2D eigenvalue weighted by Gasteiger charge is -2.38. The molecule has 3 atom stereocenters. The van der Waals surface area contributed by atoms with Gasteiger partial charge in [0, 0.05) is 37.9 Å². The SMILES string of the molecule is C[C@@H](O)CNC(=O)C1(c2ccc(CN3[C@@H](C)CC[C@H](c4ccccc4)S3(=O)=O)c(F)c2)CCOCC1. The van der Waals surface area contributed by atoms with Gasteiger partial charge in [0.05, 0.1) is 11.5 Å². The van der Waals surface area contributed by atoms with Crippen LogP contribution in [-0.2, 0) is 31.5 Å². The molecule has 0 aliphatic carbocycles. The molecule has 2 fully saturated rings. The van der Waals surface area contributed by atoms with E-state index in [2.05, 4.69) is 5.32 Å². The molecule has 0 radical (unpaired) electrons. The molecule has 0 unspecified atom stereocenters. The number of hydrogen-bond acceptors (Lipinski definition) is 5. The number of sulfonamides is 1. The summed E-state index contributed by atoms with van der Waals surface area (Å²) in [7, 11) is -3.69. The first-order valence-corrected chi connectivity index (χ1v) is 14.0. The van der Waals surface area contributed by atoms with Gasteiger partial charge in [0.25, 0.3) is 0 Å². The molecule has 7 nitrogen and oxygen atoms in total. The van der Waals surface area contributed by atoms with E-state index in [-0.39, 0.29) is 30.6 Å². The first-order chi connectivity index (χ1) is 17.1. The number of rotatable bonds is 7. The standard InChI is InChI=1S/C27H35FN2O5S/c1-19-8-11-25(21-6-4-3-5-7-21)36(33,34)30(19)18-22-9-10-23(16-24(22)28)27(12-14-35-15-13-27)26(32)29-17-20(2)31/h3-7,9-10,16,19-20,25,31H,8,11-15,17-18H2,1-2H3,(H,29,32)/t19-,20+,25+/m0/s1. The van der Waals surface area contributed by atoms with Gasteiger partial charge in [0.2, 0.25) is 15.9 Å². The Labute approximate surface area is 212 Å². The average Bonchev–Trinajstić information content (AvgIpc) is 2.86. The van der Waals surface area contributed by atoms with Crippen LogP contribution in [0.15, 0.2) is 48.5 Å². The fraction of sp³-hybridized carbons (Fsp3) is 0.519. The summed E-state index contributed by atoms with van der Waals surface area (Å²) >= 11 is 0. The van der Waals surface area contributed by atoms with Gasteiger partial charge in [-0.05, 0) is 56.7 Å². The highest BCUT2D eigenvalue weighted by Crippen LogP contribution is 2.39. The van der Waals surface area contributed by atoms with E-state index in [1.165, 1.54) is 10.4 Å². The number of benzene rings is 2. The number of carbonyl (C=O) groups is 1. The van der Waals surface area contributed by atoms with E-state index < -0.39 is 32.6 Å². The van der Waals surface area contributed by atoms with E-state index in [1.807, 2.05) is 37.3 Å². The first-order valence-electron chi connectivity index (χ1n) is 12.5. The second kappa shape index (κ2) is 11.0. The summed E-state index contributed by atoms with van der Waals surface area (Å²) in [6.07, 6.45) is 1.31. The van der Waals surface area contributed by atoms with Crippen molar-refractivity contribution in [1.29, 1.82) is 0 Å². The minimum absolute atomic E-state index is 0.0662. The molecule has 4 rings (SSSR count). The molecule has 2 aliphatic rings. The van der Waals surface area contributed by atoms with Crippen molar-refractivity contribution < 1.29 is 27.4 Å². The smallest absolute Gasteiger partial charge is 0.230 e. The maximum atomic E-state index is 15.5. The minimum atomic E-state index is -3.69. The number of ether oxygens (including phenoxy) is 1. The van der Waals surface area contributed by atoms with Crippen LogP contribution in [0.2, 0.25) is 0 Å². The number of aliphatic hydroxyl groups is 1. The molecule has 0 spiro atoms. The number of aliphatic hydroxyl groups excluding tert-OH is 1. The van der Waals surface area contributed by atoms with Crippen molar-refractivity contribution in [2.75, 3.05) is 19.8 Å². The monoisotopic (exact) mass is 518 g/mol. The summed E-state index contributed by atoms with van der Waals surface area (Å²) in [5.41, 5.74) is 0.589. The van der Waals surface area contributed by atoms with Crippen LogP contribution in [-0.4, -0.2) is 55.6 Å². The van der Waals surface area contributed by atoms with E-state index in [4.69, 9.17) is 4.74 Å². The fourth-order valence-electron chi connectivity index (χ4n) is 5.27. The molecule has 2 saturated heterocycles. The molecule has 196 valence electrons. The van der Waals surface area contributed by atoms with E-state index in [0.717, 1.165) is 5.56 Å². The Balaban J connectivity index is 1.60. The zero-order chi connectivity index (χ0) is 25.9. The lowest BCUT2D eigenvalue weighted by atomic mass is 9.73. The Kier molecular flexibility index (Phi) is 8.14. The number of carbonyl (C=O) groups excluding carboxylic acids is 1. The zero-order valence-corrected chi connectivity index (χ0v) is 21.6. The van der Waals surface area contributed by atoms with Crippen LogP contribution in [0.3, 0.4) is 0 Å². The highest BCUT2D eigenvalue weighted by molar-refractivity contribution is 7.89. The predicted octanol–water partition coefficient (Wildman–Crippen LogP) is 3.43. The second-order valence-corrected chi connectivity index (χ2v) is 12.0. The normalized spacial score (nSPS) is 24.7. The van der Waals surface area contributed by atoms with E-state index >= 15 is 4.39 Å². The molecule has 2 aromatic carbocycles. The summed E-state index contributed by atoms with van der Waals surface area (Å²) in [5.74, 6) is -0.803. The predicted molar refractivity (Wildman–Crippen MR) is 135 cm³/mol. The third-order valence-corrected chi connectivity index (χ3v) is 9.84. The highest BCUT2D eigenvalue weighted by Gasteiger charge is 2.43. The quantitative estimate of drug-likeness (QED) is 0.586. The van der Waals surface area contributed by atoms with Crippen LogP contribution in [0.4, 0.5) is 4.39 Å². The molecular weight excluding hydrogens is 483 g/mol. The van der Waals surface area contributed by atoms with Crippen molar-refractivity contribution in [1.82, 2.24) is 9.62 Å². The molecule has 2 aliphatic heterocycles. The Morgan fingerprint density at radius 3 is 2.53 bits per heavy atom. The van der Waals surface area contributed by atoms with Gasteiger partial charge in [-0.1, -0.05) is 42.5 Å². The first kappa shape index (κ1) is 26.7. The van der Waals surface area contributed by atoms with Crippen molar-refractivity contribution in [3.05, 3.63) is 71.0 Å². The molecule has 0 bridgehead atoms. The third-order valence-electron chi connectivity index (χ3n) is 7.47. The summed E-state index contributed by atoms with van der Waals surface area (Å²) in [5, 5.41) is 11.7. The molecule has 1 amide bonds. The van der Waals surface area contributed by atoms with Gasteiger partial charge in [-0.2, -0.15) is 4.31 Å². The Bertz CT molecular complexity index is 1170. The van der Waals surface area contributed by atoms with Gasteiger partial charge in [-0.15, -0.1) is 0 Å². The van der Waals surface area contributed by atoms with Crippen molar-refractivity contribution in [2.24, 2.45) is 0 Å². The number of nitrogens with zero attached hydrogens (tertiary/aromatic N) is 1. The highest BCUT2D eigenvalue weighted by atomic mass is 32.2.